The Morgan fingerprint density at radius 1 is 1.17 bits per heavy atom. The van der Waals surface area contributed by atoms with Crippen molar-refractivity contribution in [3.63, 3.8) is 0 Å². The molecule has 5 heteroatoms. The highest BCUT2D eigenvalue weighted by molar-refractivity contribution is 7.17. The molecule has 29 heavy (non-hydrogen) atoms. The van der Waals surface area contributed by atoms with Crippen molar-refractivity contribution in [1.29, 1.82) is 0 Å². The van der Waals surface area contributed by atoms with Gasteiger partial charge in [-0.1, -0.05) is 24.3 Å². The number of likely N-dealkylation sites (N-methyl/N-ethyl adjacent to an activating group) is 1. The molecule has 1 aromatic heterocycles. The minimum absolute atomic E-state index is 0.0433. The van der Waals surface area contributed by atoms with Crippen molar-refractivity contribution in [2.75, 3.05) is 32.1 Å². The molecule has 2 aromatic carbocycles. The minimum Gasteiger partial charge on any atom is -0.368 e. The van der Waals surface area contributed by atoms with Crippen molar-refractivity contribution < 1.29 is 4.79 Å². The molecule has 2 heterocycles. The number of benzene rings is 2. The second kappa shape index (κ2) is 6.85. The van der Waals surface area contributed by atoms with E-state index in [-0.39, 0.29) is 11.4 Å². The lowest BCUT2D eigenvalue weighted by atomic mass is 10.0. The van der Waals surface area contributed by atoms with Crippen LogP contribution in [0.3, 0.4) is 0 Å². The van der Waals surface area contributed by atoms with Gasteiger partial charge in [-0.3, -0.25) is 4.79 Å². The summed E-state index contributed by atoms with van der Waals surface area (Å²) in [6.45, 7) is 4.06. The van der Waals surface area contributed by atoms with Crippen molar-refractivity contribution in [1.82, 2.24) is 10.2 Å². The number of fused-ring (bicyclic) bond motifs is 1. The fourth-order valence-corrected chi connectivity index (χ4v) is 5.32. The second-order valence-corrected chi connectivity index (χ2v) is 9.61. The van der Waals surface area contributed by atoms with Gasteiger partial charge in [0, 0.05) is 35.1 Å². The van der Waals surface area contributed by atoms with E-state index in [1.165, 1.54) is 15.6 Å². The monoisotopic (exact) mass is 405 g/mol. The fraction of sp³-hybridized carbons (Fsp3) is 0.375. The van der Waals surface area contributed by atoms with E-state index in [1.807, 2.05) is 6.92 Å². The molecule has 150 valence electrons. The van der Waals surface area contributed by atoms with Gasteiger partial charge in [0.25, 0.3) is 5.91 Å². The summed E-state index contributed by atoms with van der Waals surface area (Å²) >= 11 is 1.76. The Balaban J connectivity index is 1.38. The molecule has 1 saturated carbocycles. The Bertz CT molecular complexity index is 1080. The van der Waals surface area contributed by atoms with Crippen LogP contribution in [0.2, 0.25) is 0 Å². The van der Waals surface area contributed by atoms with Gasteiger partial charge in [0.05, 0.1) is 5.54 Å². The van der Waals surface area contributed by atoms with Crippen LogP contribution in [-0.4, -0.2) is 44.0 Å². The van der Waals surface area contributed by atoms with Crippen molar-refractivity contribution in [3.8, 4) is 0 Å². The summed E-state index contributed by atoms with van der Waals surface area (Å²) in [4.78, 5) is 17.9. The van der Waals surface area contributed by atoms with Gasteiger partial charge in [-0.2, -0.15) is 0 Å². The quantitative estimate of drug-likeness (QED) is 0.684. The molecule has 3 aromatic rings. The zero-order valence-electron chi connectivity index (χ0n) is 17.2. The number of thiophene rings is 1. The van der Waals surface area contributed by atoms with Crippen LogP contribution in [0.25, 0.3) is 10.1 Å². The van der Waals surface area contributed by atoms with E-state index >= 15 is 0 Å². The number of carbonyl (C=O) groups is 1. The lowest BCUT2D eigenvalue weighted by Crippen LogP contribution is -2.57. The standard InChI is InChI=1S/C24H27N3OS/c1-16-8-9-17(27-13-18(14-27)26(2)3)12-20(16)23(28)25-24(10-11-24)21-15-29-22-7-5-4-6-19(21)22/h4-9,12,15,18H,10-11,13-14H2,1-3H3,(H,25,28). The molecule has 1 saturated heterocycles. The fourth-order valence-electron chi connectivity index (χ4n) is 4.26. The van der Waals surface area contributed by atoms with Crippen molar-refractivity contribution in [2.24, 2.45) is 0 Å². The smallest absolute Gasteiger partial charge is 0.252 e. The van der Waals surface area contributed by atoms with Gasteiger partial charge in [0.15, 0.2) is 0 Å². The summed E-state index contributed by atoms with van der Waals surface area (Å²) in [6.07, 6.45) is 2.02. The number of anilines is 1. The highest BCUT2D eigenvalue weighted by Gasteiger charge is 2.47. The number of hydrogen-bond acceptors (Lipinski definition) is 4. The normalized spacial score (nSPS) is 18.1. The molecule has 1 amide bonds. The highest BCUT2D eigenvalue weighted by Crippen LogP contribution is 2.49. The third-order valence-electron chi connectivity index (χ3n) is 6.52. The predicted molar refractivity (Wildman–Crippen MR) is 121 cm³/mol. The molecule has 5 rings (SSSR count). The average Bonchev–Trinajstić information content (AvgIpc) is 3.29. The first-order valence-corrected chi connectivity index (χ1v) is 11.2. The maximum atomic E-state index is 13.3. The number of hydrogen-bond donors (Lipinski definition) is 1. The van der Waals surface area contributed by atoms with E-state index < -0.39 is 0 Å². The zero-order valence-corrected chi connectivity index (χ0v) is 18.1. The van der Waals surface area contributed by atoms with Crippen molar-refractivity contribution >= 4 is 33.0 Å². The van der Waals surface area contributed by atoms with E-state index in [0.29, 0.717) is 6.04 Å². The zero-order chi connectivity index (χ0) is 20.2. The van der Waals surface area contributed by atoms with Gasteiger partial charge in [-0.25, -0.2) is 0 Å². The third-order valence-corrected chi connectivity index (χ3v) is 7.49. The molecule has 1 aliphatic heterocycles. The summed E-state index contributed by atoms with van der Waals surface area (Å²) in [6, 6.07) is 15.4. The van der Waals surface area contributed by atoms with Gasteiger partial charge in [-0.15, -0.1) is 11.3 Å². The molecule has 0 unspecified atom stereocenters. The number of amides is 1. The lowest BCUT2D eigenvalue weighted by molar-refractivity contribution is 0.0930. The maximum Gasteiger partial charge on any atom is 0.252 e. The first kappa shape index (κ1) is 18.6. The van der Waals surface area contributed by atoms with E-state index in [1.54, 1.807) is 11.3 Å². The molecule has 1 aliphatic carbocycles. The van der Waals surface area contributed by atoms with Gasteiger partial charge in [0.1, 0.15) is 0 Å². The van der Waals surface area contributed by atoms with Gasteiger partial charge in [0.2, 0.25) is 0 Å². The first-order chi connectivity index (χ1) is 14.0. The number of rotatable bonds is 5. The Hall–Kier alpha value is -2.37. The molecule has 0 radical (unpaired) electrons. The van der Waals surface area contributed by atoms with Crippen LogP contribution in [0.1, 0.15) is 34.3 Å². The van der Waals surface area contributed by atoms with Crippen LogP contribution in [0.5, 0.6) is 0 Å². The Morgan fingerprint density at radius 2 is 1.93 bits per heavy atom. The SMILES string of the molecule is Cc1ccc(N2CC(N(C)C)C2)cc1C(=O)NC1(c2csc3ccccc23)CC1. The van der Waals surface area contributed by atoms with Crippen molar-refractivity contribution in [3.05, 3.63) is 64.5 Å². The van der Waals surface area contributed by atoms with Crippen LogP contribution < -0.4 is 10.2 Å². The van der Waals surface area contributed by atoms with Crippen LogP contribution >= 0.6 is 11.3 Å². The number of nitrogens with zero attached hydrogens (tertiary/aromatic N) is 2. The van der Waals surface area contributed by atoms with Crippen LogP contribution in [0.4, 0.5) is 5.69 Å². The van der Waals surface area contributed by atoms with Crippen LogP contribution in [0.15, 0.2) is 47.8 Å². The van der Waals surface area contributed by atoms with E-state index in [2.05, 4.69) is 77.1 Å². The second-order valence-electron chi connectivity index (χ2n) is 8.70. The Morgan fingerprint density at radius 3 is 2.66 bits per heavy atom. The number of nitrogens with one attached hydrogen (secondary N) is 1. The summed E-state index contributed by atoms with van der Waals surface area (Å²) in [5.74, 6) is 0.0433. The van der Waals surface area contributed by atoms with E-state index in [4.69, 9.17) is 0 Å². The maximum absolute atomic E-state index is 13.3. The molecule has 2 fully saturated rings. The molecular formula is C24H27N3OS. The lowest BCUT2D eigenvalue weighted by Gasteiger charge is -2.44. The topological polar surface area (TPSA) is 35.6 Å². The summed E-state index contributed by atoms with van der Waals surface area (Å²) in [7, 11) is 4.25. The van der Waals surface area contributed by atoms with Gasteiger partial charge >= 0.3 is 0 Å². The molecule has 0 bridgehead atoms. The molecule has 0 spiro atoms. The summed E-state index contributed by atoms with van der Waals surface area (Å²) in [5, 5.41) is 6.89. The highest BCUT2D eigenvalue weighted by atomic mass is 32.1. The molecule has 4 nitrogen and oxygen atoms in total. The van der Waals surface area contributed by atoms with E-state index in [9.17, 15) is 4.79 Å². The first-order valence-electron chi connectivity index (χ1n) is 10.3. The molecule has 2 aliphatic rings. The van der Waals surface area contributed by atoms with E-state index in [0.717, 1.165) is 42.7 Å². The third kappa shape index (κ3) is 3.22. The van der Waals surface area contributed by atoms with Crippen LogP contribution in [-0.2, 0) is 5.54 Å². The minimum atomic E-state index is -0.202. The Labute approximate surface area is 176 Å². The Kier molecular flexibility index (Phi) is 4.41. The predicted octanol–water partition coefficient (Wildman–Crippen LogP) is 4.38. The molecular weight excluding hydrogens is 378 g/mol. The number of aryl methyl sites for hydroxylation is 1. The van der Waals surface area contributed by atoms with Gasteiger partial charge < -0.3 is 15.1 Å². The summed E-state index contributed by atoms with van der Waals surface area (Å²) in [5.41, 5.74) is 4.04. The van der Waals surface area contributed by atoms with Gasteiger partial charge in [-0.05, 0) is 74.0 Å². The largest absolute Gasteiger partial charge is 0.368 e. The average molecular weight is 406 g/mol. The molecule has 0 atom stereocenters. The van der Waals surface area contributed by atoms with Crippen molar-refractivity contribution in [2.45, 2.75) is 31.3 Å². The summed E-state index contributed by atoms with van der Waals surface area (Å²) < 4.78 is 1.29. The molecule has 1 N–H and O–H groups in total. The number of carbonyl (C=O) groups excluding carboxylic acids is 1. The van der Waals surface area contributed by atoms with Crippen LogP contribution in [0, 0.1) is 6.92 Å².